The lowest BCUT2D eigenvalue weighted by Gasteiger charge is -2.17. The average molecular weight is 252 g/mol. The predicted molar refractivity (Wildman–Crippen MR) is 71.6 cm³/mol. The molecule has 0 aromatic carbocycles. The third kappa shape index (κ3) is 3.02. The van der Waals surface area contributed by atoms with E-state index in [-0.39, 0.29) is 6.04 Å². The molecule has 2 heterocycles. The van der Waals surface area contributed by atoms with E-state index in [4.69, 9.17) is 4.42 Å². The topological polar surface area (TPSA) is 54.2 Å². The molecule has 2 unspecified atom stereocenters. The fraction of sp³-hybridized carbons (Fsp3) is 0.846. The molecule has 0 radical (unpaired) electrons. The van der Waals surface area contributed by atoms with Gasteiger partial charge in [-0.2, -0.15) is 0 Å². The van der Waals surface area contributed by atoms with Gasteiger partial charge in [0.25, 0.3) is 0 Å². The fourth-order valence-electron chi connectivity index (χ4n) is 2.42. The SMILES string of the molecule is CCC1CCCN(c2nnc(C(C)NC)o2)CC1. The number of nitrogens with zero attached hydrogens (tertiary/aromatic N) is 3. The Kier molecular flexibility index (Phi) is 4.58. The molecule has 0 amide bonds. The molecule has 0 bridgehead atoms. The van der Waals surface area contributed by atoms with E-state index in [1.54, 1.807) is 0 Å². The van der Waals surface area contributed by atoms with Gasteiger partial charge in [-0.05, 0) is 39.2 Å². The lowest BCUT2D eigenvalue weighted by Crippen LogP contribution is -2.24. The van der Waals surface area contributed by atoms with Crippen LogP contribution in [0.15, 0.2) is 4.42 Å². The van der Waals surface area contributed by atoms with Crippen molar-refractivity contribution in [3.63, 3.8) is 0 Å². The third-order valence-electron chi connectivity index (χ3n) is 3.93. The first-order valence-corrected chi connectivity index (χ1v) is 7.00. The lowest BCUT2D eigenvalue weighted by molar-refractivity contribution is 0.427. The second-order valence-electron chi connectivity index (χ2n) is 5.13. The molecule has 2 rings (SSSR count). The van der Waals surface area contributed by atoms with Crippen LogP contribution < -0.4 is 10.2 Å². The molecule has 1 aromatic rings. The van der Waals surface area contributed by atoms with Crippen LogP contribution in [0.1, 0.15) is 51.5 Å². The van der Waals surface area contributed by atoms with Crippen molar-refractivity contribution in [2.45, 2.75) is 45.6 Å². The van der Waals surface area contributed by atoms with Gasteiger partial charge in [-0.1, -0.05) is 18.4 Å². The van der Waals surface area contributed by atoms with Gasteiger partial charge >= 0.3 is 6.01 Å². The Balaban J connectivity index is 2.00. The number of nitrogens with one attached hydrogen (secondary N) is 1. The lowest BCUT2D eigenvalue weighted by atomic mass is 9.98. The highest BCUT2D eigenvalue weighted by molar-refractivity contribution is 5.24. The fourth-order valence-corrected chi connectivity index (χ4v) is 2.42. The van der Waals surface area contributed by atoms with Crippen LogP contribution in [-0.2, 0) is 0 Å². The van der Waals surface area contributed by atoms with E-state index < -0.39 is 0 Å². The summed E-state index contributed by atoms with van der Waals surface area (Å²) in [4.78, 5) is 2.23. The largest absolute Gasteiger partial charge is 0.406 e. The van der Waals surface area contributed by atoms with Crippen LogP contribution in [0.2, 0.25) is 0 Å². The zero-order valence-electron chi connectivity index (χ0n) is 11.6. The Hall–Kier alpha value is -1.10. The summed E-state index contributed by atoms with van der Waals surface area (Å²) in [5.74, 6) is 1.53. The Morgan fingerprint density at radius 1 is 1.39 bits per heavy atom. The molecular formula is C13H24N4O. The highest BCUT2D eigenvalue weighted by atomic mass is 16.4. The van der Waals surface area contributed by atoms with E-state index in [2.05, 4.69) is 27.3 Å². The first kappa shape index (κ1) is 13.3. The van der Waals surface area contributed by atoms with Crippen LogP contribution >= 0.6 is 0 Å². The predicted octanol–water partition coefficient (Wildman–Crippen LogP) is 2.37. The monoisotopic (exact) mass is 252 g/mol. The van der Waals surface area contributed by atoms with E-state index >= 15 is 0 Å². The normalized spacial score (nSPS) is 22.8. The van der Waals surface area contributed by atoms with Gasteiger partial charge in [-0.25, -0.2) is 0 Å². The van der Waals surface area contributed by atoms with Crippen LogP contribution in [0, 0.1) is 5.92 Å². The summed E-state index contributed by atoms with van der Waals surface area (Å²) in [5.41, 5.74) is 0. The Labute approximate surface area is 109 Å². The average Bonchev–Trinajstić information content (AvgIpc) is 2.76. The zero-order valence-corrected chi connectivity index (χ0v) is 11.6. The van der Waals surface area contributed by atoms with Gasteiger partial charge in [0.15, 0.2) is 0 Å². The van der Waals surface area contributed by atoms with Crippen molar-refractivity contribution < 1.29 is 4.42 Å². The minimum atomic E-state index is 0.113. The second kappa shape index (κ2) is 6.18. The molecule has 1 N–H and O–H groups in total. The van der Waals surface area contributed by atoms with Crippen molar-refractivity contribution in [2.24, 2.45) is 5.92 Å². The third-order valence-corrected chi connectivity index (χ3v) is 3.93. The second-order valence-corrected chi connectivity index (χ2v) is 5.13. The van der Waals surface area contributed by atoms with Crippen LogP contribution in [-0.4, -0.2) is 30.3 Å². The molecule has 0 saturated carbocycles. The molecule has 102 valence electrons. The molecule has 5 heteroatoms. The zero-order chi connectivity index (χ0) is 13.0. The minimum Gasteiger partial charge on any atom is -0.406 e. The van der Waals surface area contributed by atoms with Gasteiger partial charge < -0.3 is 14.6 Å². The number of hydrogen-bond donors (Lipinski definition) is 1. The summed E-state index contributed by atoms with van der Waals surface area (Å²) in [6, 6.07) is 0.797. The van der Waals surface area contributed by atoms with Crippen LogP contribution in [0.25, 0.3) is 0 Å². The van der Waals surface area contributed by atoms with Crippen molar-refractivity contribution in [1.82, 2.24) is 15.5 Å². The van der Waals surface area contributed by atoms with Crippen LogP contribution in [0.5, 0.6) is 0 Å². The summed E-state index contributed by atoms with van der Waals surface area (Å²) in [6.07, 6.45) is 5.05. The van der Waals surface area contributed by atoms with Gasteiger partial charge in [0.05, 0.1) is 6.04 Å². The van der Waals surface area contributed by atoms with Gasteiger partial charge in [0.1, 0.15) is 0 Å². The minimum absolute atomic E-state index is 0.113. The Morgan fingerprint density at radius 3 is 2.94 bits per heavy atom. The molecular weight excluding hydrogens is 228 g/mol. The molecule has 1 saturated heterocycles. The highest BCUT2D eigenvalue weighted by Gasteiger charge is 2.21. The summed E-state index contributed by atoms with van der Waals surface area (Å²) in [7, 11) is 1.90. The van der Waals surface area contributed by atoms with E-state index in [1.807, 2.05) is 14.0 Å². The molecule has 0 aliphatic carbocycles. The van der Waals surface area contributed by atoms with Crippen molar-refractivity contribution in [1.29, 1.82) is 0 Å². The quantitative estimate of drug-likeness (QED) is 0.891. The molecule has 1 aliphatic rings. The van der Waals surface area contributed by atoms with Gasteiger partial charge in [0.2, 0.25) is 5.89 Å². The van der Waals surface area contributed by atoms with Crippen LogP contribution in [0.4, 0.5) is 6.01 Å². The van der Waals surface area contributed by atoms with Crippen molar-refractivity contribution in [2.75, 3.05) is 25.0 Å². The van der Waals surface area contributed by atoms with Gasteiger partial charge in [-0.3, -0.25) is 0 Å². The van der Waals surface area contributed by atoms with Crippen molar-refractivity contribution in [3.05, 3.63) is 5.89 Å². The first-order chi connectivity index (χ1) is 8.74. The maximum Gasteiger partial charge on any atom is 0.318 e. The molecule has 1 aromatic heterocycles. The van der Waals surface area contributed by atoms with Gasteiger partial charge in [-0.15, -0.1) is 5.10 Å². The maximum atomic E-state index is 5.74. The Morgan fingerprint density at radius 2 is 2.22 bits per heavy atom. The summed E-state index contributed by atoms with van der Waals surface area (Å²) < 4.78 is 5.74. The molecule has 0 spiro atoms. The molecule has 1 aliphatic heterocycles. The van der Waals surface area contributed by atoms with E-state index in [9.17, 15) is 0 Å². The molecule has 18 heavy (non-hydrogen) atoms. The summed E-state index contributed by atoms with van der Waals surface area (Å²) in [6.45, 7) is 6.37. The van der Waals surface area contributed by atoms with Crippen molar-refractivity contribution in [3.8, 4) is 0 Å². The van der Waals surface area contributed by atoms with Gasteiger partial charge in [0, 0.05) is 13.1 Å². The standard InChI is InChI=1S/C13H24N4O/c1-4-11-6-5-8-17(9-7-11)13-16-15-12(18-13)10(2)14-3/h10-11,14H,4-9H2,1-3H3. The molecule has 2 atom stereocenters. The van der Waals surface area contributed by atoms with E-state index in [1.165, 1.54) is 25.7 Å². The summed E-state index contributed by atoms with van der Waals surface area (Å²) in [5, 5.41) is 11.4. The number of anilines is 1. The Bertz CT molecular complexity index is 366. The van der Waals surface area contributed by atoms with E-state index in [0.29, 0.717) is 11.9 Å². The smallest absolute Gasteiger partial charge is 0.318 e. The van der Waals surface area contributed by atoms with Crippen LogP contribution in [0.3, 0.4) is 0 Å². The summed E-state index contributed by atoms with van der Waals surface area (Å²) >= 11 is 0. The number of hydrogen-bond acceptors (Lipinski definition) is 5. The van der Waals surface area contributed by atoms with E-state index in [0.717, 1.165) is 19.0 Å². The number of rotatable bonds is 4. The maximum absolute atomic E-state index is 5.74. The number of aromatic nitrogens is 2. The highest BCUT2D eigenvalue weighted by Crippen LogP contribution is 2.24. The molecule has 1 fully saturated rings. The first-order valence-electron chi connectivity index (χ1n) is 7.00. The van der Waals surface area contributed by atoms with Crippen molar-refractivity contribution >= 4 is 6.01 Å². The molecule has 5 nitrogen and oxygen atoms in total.